The van der Waals surface area contributed by atoms with Crippen molar-refractivity contribution in [1.29, 1.82) is 0 Å². The maximum Gasteiger partial charge on any atom is 0.257 e. The van der Waals surface area contributed by atoms with Crippen LogP contribution in [0, 0.1) is 5.82 Å². The number of thiazole rings is 1. The Labute approximate surface area is 134 Å². The van der Waals surface area contributed by atoms with Crippen molar-refractivity contribution in [3.63, 3.8) is 0 Å². The highest BCUT2D eigenvalue weighted by atomic mass is 32.2. The van der Waals surface area contributed by atoms with Crippen molar-refractivity contribution < 1.29 is 17.6 Å². The second kappa shape index (κ2) is 5.69. The van der Waals surface area contributed by atoms with Gasteiger partial charge in [0.2, 0.25) is 10.0 Å². The molecule has 0 spiro atoms. The second-order valence-electron chi connectivity index (χ2n) is 4.66. The van der Waals surface area contributed by atoms with Gasteiger partial charge in [-0.1, -0.05) is 17.4 Å². The summed E-state index contributed by atoms with van der Waals surface area (Å²) in [6.07, 6.45) is 0. The fourth-order valence-electron chi connectivity index (χ4n) is 1.93. The molecule has 1 aromatic heterocycles. The first-order chi connectivity index (χ1) is 10.8. The Balaban J connectivity index is 1.90. The van der Waals surface area contributed by atoms with Crippen molar-refractivity contribution >= 4 is 42.6 Å². The van der Waals surface area contributed by atoms with Gasteiger partial charge in [-0.15, -0.1) is 0 Å². The summed E-state index contributed by atoms with van der Waals surface area (Å²) in [5.74, 6) is -1.02. The fraction of sp³-hybridized carbons (Fsp3) is 0. The number of rotatable bonds is 3. The van der Waals surface area contributed by atoms with Crippen LogP contribution in [0.1, 0.15) is 10.4 Å². The van der Waals surface area contributed by atoms with Crippen molar-refractivity contribution in [1.82, 2.24) is 4.98 Å². The molecule has 0 bridgehead atoms. The van der Waals surface area contributed by atoms with E-state index in [1.165, 1.54) is 36.4 Å². The number of benzene rings is 2. The zero-order valence-corrected chi connectivity index (χ0v) is 13.1. The summed E-state index contributed by atoms with van der Waals surface area (Å²) < 4.78 is 36.4. The predicted molar refractivity (Wildman–Crippen MR) is 85.3 cm³/mol. The van der Waals surface area contributed by atoms with Gasteiger partial charge in [-0.3, -0.25) is 10.1 Å². The molecule has 2 aromatic carbocycles. The lowest BCUT2D eigenvalue weighted by Crippen LogP contribution is -2.11. The van der Waals surface area contributed by atoms with Crippen LogP contribution >= 0.6 is 11.3 Å². The third kappa shape index (κ3) is 3.36. The van der Waals surface area contributed by atoms with E-state index in [0.29, 0.717) is 10.2 Å². The number of nitrogens with one attached hydrogen (secondary N) is 1. The number of hydrogen-bond acceptors (Lipinski definition) is 5. The fourth-order valence-corrected chi connectivity index (χ4v) is 3.45. The van der Waals surface area contributed by atoms with Gasteiger partial charge in [-0.25, -0.2) is 22.9 Å². The smallest absolute Gasteiger partial charge is 0.257 e. The van der Waals surface area contributed by atoms with Crippen LogP contribution in [-0.2, 0) is 10.0 Å². The van der Waals surface area contributed by atoms with E-state index in [0.717, 1.165) is 17.4 Å². The van der Waals surface area contributed by atoms with Crippen LogP contribution in [0.2, 0.25) is 0 Å². The van der Waals surface area contributed by atoms with E-state index in [1.54, 1.807) is 0 Å². The standard InChI is InChI=1S/C14H10FN3O3S2/c15-9-3-1-2-8(6-9)13(19)18-14-17-11-5-4-10(23(16,20)21)7-12(11)22-14/h1-7H,(H2,16,20,21)(H,17,18,19). The Hall–Kier alpha value is -2.36. The lowest BCUT2D eigenvalue weighted by Gasteiger charge is -2.00. The van der Waals surface area contributed by atoms with Gasteiger partial charge in [0.25, 0.3) is 5.91 Å². The van der Waals surface area contributed by atoms with Crippen molar-refractivity contribution in [3.05, 3.63) is 53.8 Å². The van der Waals surface area contributed by atoms with Gasteiger partial charge >= 0.3 is 0 Å². The van der Waals surface area contributed by atoms with Gasteiger partial charge in [0.15, 0.2) is 5.13 Å². The molecule has 23 heavy (non-hydrogen) atoms. The molecule has 0 saturated heterocycles. The van der Waals surface area contributed by atoms with Crippen LogP contribution in [0.5, 0.6) is 0 Å². The predicted octanol–water partition coefficient (Wildman–Crippen LogP) is 2.34. The van der Waals surface area contributed by atoms with Gasteiger partial charge in [-0.2, -0.15) is 0 Å². The summed E-state index contributed by atoms with van der Waals surface area (Å²) in [5.41, 5.74) is 0.687. The molecule has 118 valence electrons. The highest BCUT2D eigenvalue weighted by molar-refractivity contribution is 7.89. The molecular weight excluding hydrogens is 341 g/mol. The van der Waals surface area contributed by atoms with Crippen LogP contribution in [0.3, 0.4) is 0 Å². The number of fused-ring (bicyclic) bond motifs is 1. The zero-order valence-electron chi connectivity index (χ0n) is 11.5. The van der Waals surface area contributed by atoms with Crippen molar-refractivity contribution in [3.8, 4) is 0 Å². The first-order valence-corrected chi connectivity index (χ1v) is 8.69. The highest BCUT2D eigenvalue weighted by Crippen LogP contribution is 2.28. The summed E-state index contributed by atoms with van der Waals surface area (Å²) in [6.45, 7) is 0. The molecule has 9 heteroatoms. The number of sulfonamides is 1. The van der Waals surface area contributed by atoms with Crippen LogP contribution in [0.15, 0.2) is 47.4 Å². The number of halogens is 1. The first-order valence-electron chi connectivity index (χ1n) is 6.33. The molecule has 0 radical (unpaired) electrons. The Morgan fingerprint density at radius 3 is 2.70 bits per heavy atom. The maximum absolute atomic E-state index is 13.1. The molecule has 0 aliphatic rings. The molecule has 6 nitrogen and oxygen atoms in total. The van der Waals surface area contributed by atoms with E-state index in [4.69, 9.17) is 5.14 Å². The topological polar surface area (TPSA) is 102 Å². The lowest BCUT2D eigenvalue weighted by molar-refractivity contribution is 0.102. The van der Waals surface area contributed by atoms with E-state index < -0.39 is 21.7 Å². The maximum atomic E-state index is 13.1. The SMILES string of the molecule is NS(=O)(=O)c1ccc2nc(NC(=O)c3cccc(F)c3)sc2c1. The molecule has 3 N–H and O–H groups in total. The second-order valence-corrected chi connectivity index (χ2v) is 7.25. The number of hydrogen-bond donors (Lipinski definition) is 2. The third-order valence-electron chi connectivity index (χ3n) is 3.00. The quantitative estimate of drug-likeness (QED) is 0.756. The molecule has 3 rings (SSSR count). The molecule has 1 heterocycles. The number of nitrogens with zero attached hydrogens (tertiary/aromatic N) is 1. The van der Waals surface area contributed by atoms with Gasteiger partial charge in [0, 0.05) is 5.56 Å². The number of amides is 1. The summed E-state index contributed by atoms with van der Waals surface area (Å²) in [4.78, 5) is 16.2. The third-order valence-corrected chi connectivity index (χ3v) is 4.84. The van der Waals surface area contributed by atoms with Gasteiger partial charge in [0.1, 0.15) is 5.82 Å². The number of aromatic nitrogens is 1. The molecule has 0 aliphatic carbocycles. The van der Waals surface area contributed by atoms with Crippen LogP contribution < -0.4 is 10.5 Å². The van der Waals surface area contributed by atoms with Crippen molar-refractivity contribution in [2.45, 2.75) is 4.90 Å². The Morgan fingerprint density at radius 1 is 1.22 bits per heavy atom. The zero-order chi connectivity index (χ0) is 16.6. The minimum Gasteiger partial charge on any atom is -0.298 e. The molecule has 1 amide bonds. The van der Waals surface area contributed by atoms with E-state index in [-0.39, 0.29) is 15.6 Å². The monoisotopic (exact) mass is 351 g/mol. The lowest BCUT2D eigenvalue weighted by atomic mass is 10.2. The summed E-state index contributed by atoms with van der Waals surface area (Å²) in [6, 6.07) is 9.50. The molecular formula is C14H10FN3O3S2. The Morgan fingerprint density at radius 2 is 2.00 bits per heavy atom. The summed E-state index contributed by atoms with van der Waals surface area (Å²) in [5, 5.41) is 7.91. The van der Waals surface area contributed by atoms with Crippen LogP contribution in [0.25, 0.3) is 10.2 Å². The molecule has 0 atom stereocenters. The number of nitrogens with two attached hydrogens (primary N) is 1. The summed E-state index contributed by atoms with van der Waals surface area (Å²) in [7, 11) is -3.81. The average Bonchev–Trinajstić information content (AvgIpc) is 2.87. The van der Waals surface area contributed by atoms with Crippen molar-refractivity contribution in [2.75, 3.05) is 5.32 Å². The van der Waals surface area contributed by atoms with E-state index in [9.17, 15) is 17.6 Å². The van der Waals surface area contributed by atoms with Crippen molar-refractivity contribution in [2.24, 2.45) is 5.14 Å². The Kier molecular flexibility index (Phi) is 3.84. The molecule has 3 aromatic rings. The minimum absolute atomic E-state index is 0.0309. The van der Waals surface area contributed by atoms with Gasteiger partial charge in [0.05, 0.1) is 15.1 Å². The molecule has 0 saturated carbocycles. The largest absolute Gasteiger partial charge is 0.298 e. The highest BCUT2D eigenvalue weighted by Gasteiger charge is 2.13. The minimum atomic E-state index is -3.81. The molecule has 0 fully saturated rings. The van der Waals surface area contributed by atoms with Gasteiger partial charge < -0.3 is 0 Å². The van der Waals surface area contributed by atoms with E-state index in [2.05, 4.69) is 10.3 Å². The number of primary sulfonamides is 1. The Bertz CT molecular complexity index is 1020. The summed E-state index contributed by atoms with van der Waals surface area (Å²) >= 11 is 1.10. The number of carbonyl (C=O) groups is 1. The normalized spacial score (nSPS) is 11.6. The molecule has 0 aliphatic heterocycles. The van der Waals surface area contributed by atoms with Crippen LogP contribution in [0.4, 0.5) is 9.52 Å². The average molecular weight is 351 g/mol. The molecule has 0 unspecified atom stereocenters. The van der Waals surface area contributed by atoms with E-state index in [1.807, 2.05) is 0 Å². The number of anilines is 1. The first kappa shape index (κ1) is 15.5. The number of carbonyl (C=O) groups excluding carboxylic acids is 1. The van der Waals surface area contributed by atoms with Crippen LogP contribution in [-0.4, -0.2) is 19.3 Å². The van der Waals surface area contributed by atoms with Gasteiger partial charge in [-0.05, 0) is 36.4 Å². The van der Waals surface area contributed by atoms with E-state index >= 15 is 0 Å².